The molecule has 6 heteroatoms. The monoisotopic (exact) mass is 306 g/mol. The Bertz CT molecular complexity index is 379. The lowest BCUT2D eigenvalue weighted by Crippen LogP contribution is -2.36. The maximum Gasteiger partial charge on any atom is 0.416 e. The average Bonchev–Trinajstić information content (AvgIpc) is 2.42. The van der Waals surface area contributed by atoms with E-state index in [1.54, 1.807) is 11.8 Å². The van der Waals surface area contributed by atoms with Crippen molar-refractivity contribution in [2.45, 2.75) is 25.2 Å². The molecule has 1 atom stereocenters. The van der Waals surface area contributed by atoms with E-state index in [4.69, 9.17) is 0 Å². The van der Waals surface area contributed by atoms with Crippen molar-refractivity contribution >= 4 is 11.8 Å². The summed E-state index contributed by atoms with van der Waals surface area (Å²) in [4.78, 5) is 0. The van der Waals surface area contributed by atoms with E-state index in [-0.39, 0.29) is 0 Å². The summed E-state index contributed by atoms with van der Waals surface area (Å²) in [6, 6.07) is 5.68. The van der Waals surface area contributed by atoms with Gasteiger partial charge in [0.05, 0.1) is 5.56 Å². The summed E-state index contributed by atoms with van der Waals surface area (Å²) in [5.74, 6) is 1.09. The molecule has 114 valence electrons. The first-order valence-electron chi connectivity index (χ1n) is 6.50. The third kappa shape index (κ3) is 6.15. The van der Waals surface area contributed by atoms with Gasteiger partial charge in [0.25, 0.3) is 0 Å². The predicted octanol–water partition coefficient (Wildman–Crippen LogP) is 3.14. The zero-order chi connectivity index (χ0) is 15.0. The summed E-state index contributed by atoms with van der Waals surface area (Å²) in [6.07, 6.45) is -1.12. The zero-order valence-corrected chi connectivity index (χ0v) is 12.6. The maximum absolute atomic E-state index is 12.4. The van der Waals surface area contributed by atoms with Gasteiger partial charge < -0.3 is 10.6 Å². The van der Waals surface area contributed by atoms with Crippen LogP contribution in [0.2, 0.25) is 0 Å². The number of halogens is 3. The van der Waals surface area contributed by atoms with Gasteiger partial charge in [-0.1, -0.05) is 12.1 Å². The summed E-state index contributed by atoms with van der Waals surface area (Å²) in [5, 5.41) is 6.49. The molecule has 0 saturated carbocycles. The molecule has 0 aliphatic heterocycles. The molecule has 0 spiro atoms. The van der Waals surface area contributed by atoms with Crippen molar-refractivity contribution in [3.63, 3.8) is 0 Å². The standard InChI is InChI=1S/C14H21F3N2S/c1-18-13(7-8-20-2)10-19-9-11-3-5-12(6-4-11)14(15,16)17/h3-6,13,18-19H,7-10H2,1-2H3/t13-/m0/s1. The molecule has 0 amide bonds. The molecule has 0 saturated heterocycles. The van der Waals surface area contributed by atoms with Gasteiger partial charge in [0.15, 0.2) is 0 Å². The van der Waals surface area contributed by atoms with Crippen LogP contribution in [0.1, 0.15) is 17.5 Å². The minimum Gasteiger partial charge on any atom is -0.316 e. The molecule has 0 aromatic heterocycles. The number of rotatable bonds is 8. The van der Waals surface area contributed by atoms with Crippen LogP contribution in [0.5, 0.6) is 0 Å². The molecule has 20 heavy (non-hydrogen) atoms. The molecule has 0 radical (unpaired) electrons. The maximum atomic E-state index is 12.4. The summed E-state index contributed by atoms with van der Waals surface area (Å²) < 4.78 is 37.2. The van der Waals surface area contributed by atoms with Gasteiger partial charge in [-0.3, -0.25) is 0 Å². The SMILES string of the molecule is CN[C@@H](CCSC)CNCc1ccc(C(F)(F)F)cc1. The van der Waals surface area contributed by atoms with Crippen LogP contribution in [0.25, 0.3) is 0 Å². The Kier molecular flexibility index (Phi) is 7.40. The van der Waals surface area contributed by atoms with Crippen LogP contribution < -0.4 is 10.6 Å². The van der Waals surface area contributed by atoms with Crippen molar-refractivity contribution in [3.8, 4) is 0 Å². The van der Waals surface area contributed by atoms with Crippen molar-refractivity contribution in [3.05, 3.63) is 35.4 Å². The molecule has 2 nitrogen and oxygen atoms in total. The first-order valence-corrected chi connectivity index (χ1v) is 7.89. The molecule has 0 bridgehead atoms. The number of hydrogen-bond donors (Lipinski definition) is 2. The molecule has 0 aliphatic carbocycles. The van der Waals surface area contributed by atoms with E-state index < -0.39 is 11.7 Å². The van der Waals surface area contributed by atoms with Crippen molar-refractivity contribution in [1.29, 1.82) is 0 Å². The van der Waals surface area contributed by atoms with Crippen LogP contribution in [0.4, 0.5) is 13.2 Å². The van der Waals surface area contributed by atoms with Gasteiger partial charge >= 0.3 is 6.18 Å². The molecule has 0 unspecified atom stereocenters. The highest BCUT2D eigenvalue weighted by atomic mass is 32.2. The van der Waals surface area contributed by atoms with E-state index in [1.807, 2.05) is 7.05 Å². The minimum absolute atomic E-state index is 0.386. The van der Waals surface area contributed by atoms with E-state index in [9.17, 15) is 13.2 Å². The lowest BCUT2D eigenvalue weighted by Gasteiger charge is -2.16. The molecule has 0 fully saturated rings. The van der Waals surface area contributed by atoms with Crippen LogP contribution in [0.15, 0.2) is 24.3 Å². The van der Waals surface area contributed by atoms with Crippen molar-refractivity contribution in [2.75, 3.05) is 25.6 Å². The summed E-state index contributed by atoms with van der Waals surface area (Å²) >= 11 is 1.80. The molecule has 1 aromatic rings. The Hall–Kier alpha value is -0.720. The first-order chi connectivity index (χ1) is 9.47. The minimum atomic E-state index is -4.26. The van der Waals surface area contributed by atoms with Gasteiger partial charge in [0.1, 0.15) is 0 Å². The molecule has 1 aromatic carbocycles. The Morgan fingerprint density at radius 2 is 1.85 bits per heavy atom. The third-order valence-electron chi connectivity index (χ3n) is 3.08. The van der Waals surface area contributed by atoms with Crippen LogP contribution in [0, 0.1) is 0 Å². The van der Waals surface area contributed by atoms with E-state index in [1.165, 1.54) is 12.1 Å². The van der Waals surface area contributed by atoms with Gasteiger partial charge in [0, 0.05) is 19.1 Å². The summed E-state index contributed by atoms with van der Waals surface area (Å²) in [5.41, 5.74) is 0.257. The fourth-order valence-corrected chi connectivity index (χ4v) is 2.33. The fourth-order valence-electron chi connectivity index (χ4n) is 1.81. The highest BCUT2D eigenvalue weighted by Crippen LogP contribution is 2.28. The second-order valence-corrected chi connectivity index (χ2v) is 5.58. The summed E-state index contributed by atoms with van der Waals surface area (Å²) in [6.45, 7) is 1.38. The lowest BCUT2D eigenvalue weighted by atomic mass is 10.1. The number of benzene rings is 1. The van der Waals surface area contributed by atoms with E-state index in [2.05, 4.69) is 16.9 Å². The number of hydrogen-bond acceptors (Lipinski definition) is 3. The summed E-state index contributed by atoms with van der Waals surface area (Å²) in [7, 11) is 1.92. The van der Waals surface area contributed by atoms with Crippen LogP contribution >= 0.6 is 11.8 Å². The average molecular weight is 306 g/mol. The Morgan fingerprint density at radius 1 is 1.20 bits per heavy atom. The molecular weight excluding hydrogens is 285 g/mol. The quantitative estimate of drug-likeness (QED) is 0.771. The second-order valence-electron chi connectivity index (χ2n) is 4.59. The predicted molar refractivity (Wildman–Crippen MR) is 79.0 cm³/mol. The van der Waals surface area contributed by atoms with Gasteiger partial charge in [0.2, 0.25) is 0 Å². The number of thioether (sulfide) groups is 1. The highest BCUT2D eigenvalue weighted by Gasteiger charge is 2.29. The topological polar surface area (TPSA) is 24.1 Å². The fraction of sp³-hybridized carbons (Fsp3) is 0.571. The van der Waals surface area contributed by atoms with Gasteiger partial charge in [-0.05, 0) is 43.2 Å². The normalized spacial score (nSPS) is 13.4. The van der Waals surface area contributed by atoms with E-state index in [0.29, 0.717) is 12.6 Å². The van der Waals surface area contributed by atoms with Crippen molar-refractivity contribution in [1.82, 2.24) is 10.6 Å². The van der Waals surface area contributed by atoms with Crippen LogP contribution in [-0.4, -0.2) is 31.6 Å². The van der Waals surface area contributed by atoms with Gasteiger partial charge in [-0.15, -0.1) is 0 Å². The van der Waals surface area contributed by atoms with Crippen LogP contribution in [-0.2, 0) is 12.7 Å². The van der Waals surface area contributed by atoms with E-state index >= 15 is 0 Å². The third-order valence-corrected chi connectivity index (χ3v) is 3.72. The number of likely N-dealkylation sites (N-methyl/N-ethyl adjacent to an activating group) is 1. The number of alkyl halides is 3. The second kappa shape index (κ2) is 8.54. The van der Waals surface area contributed by atoms with Crippen molar-refractivity contribution in [2.24, 2.45) is 0 Å². The molecule has 0 heterocycles. The largest absolute Gasteiger partial charge is 0.416 e. The highest BCUT2D eigenvalue weighted by molar-refractivity contribution is 7.98. The van der Waals surface area contributed by atoms with Gasteiger partial charge in [-0.2, -0.15) is 24.9 Å². The van der Waals surface area contributed by atoms with E-state index in [0.717, 1.165) is 36.4 Å². The number of nitrogens with one attached hydrogen (secondary N) is 2. The first kappa shape index (κ1) is 17.3. The Balaban J connectivity index is 2.38. The van der Waals surface area contributed by atoms with Gasteiger partial charge in [-0.25, -0.2) is 0 Å². The Morgan fingerprint density at radius 3 is 2.35 bits per heavy atom. The van der Waals surface area contributed by atoms with Crippen LogP contribution in [0.3, 0.4) is 0 Å². The molecule has 0 aliphatic rings. The smallest absolute Gasteiger partial charge is 0.316 e. The molecular formula is C14H21F3N2S. The van der Waals surface area contributed by atoms with Crippen molar-refractivity contribution < 1.29 is 13.2 Å². The molecule has 2 N–H and O–H groups in total. The lowest BCUT2D eigenvalue weighted by molar-refractivity contribution is -0.137. The molecule has 1 rings (SSSR count). The Labute approximate surface area is 122 Å². The zero-order valence-electron chi connectivity index (χ0n) is 11.8.